The largest absolute Gasteiger partial charge is 0.318 e. The molecule has 0 unspecified atom stereocenters. The molecule has 4 nitrogen and oxygen atoms in total. The zero-order valence-electron chi connectivity index (χ0n) is 11.1. The number of benzene rings is 2. The highest BCUT2D eigenvalue weighted by atomic mass is 35.5. The summed E-state index contributed by atoms with van der Waals surface area (Å²) in [5.74, 6) is -1.45. The van der Waals surface area contributed by atoms with E-state index in [0.717, 1.165) is 0 Å². The number of carbonyl (C=O) groups is 2. The van der Waals surface area contributed by atoms with Gasteiger partial charge in [0.05, 0.1) is 0 Å². The maximum atomic E-state index is 12.1. The lowest BCUT2D eigenvalue weighted by Gasteiger charge is -2.16. The molecular weight excluding hydrogens is 311 g/mol. The van der Waals surface area contributed by atoms with Gasteiger partial charge in [0.25, 0.3) is 0 Å². The number of carbonyl (C=O) groups excluding carboxylic acids is 2. The van der Waals surface area contributed by atoms with Crippen molar-refractivity contribution < 1.29 is 9.59 Å². The molecule has 0 saturated carbocycles. The SMILES string of the molecule is CN(C(=O)C(=O)Nc1cc(Cl)cc(Cl)c1)c1ccccc1. The lowest BCUT2D eigenvalue weighted by Crippen LogP contribution is -2.37. The van der Waals surface area contributed by atoms with Gasteiger partial charge < -0.3 is 10.2 Å². The van der Waals surface area contributed by atoms with E-state index in [1.807, 2.05) is 6.07 Å². The maximum Gasteiger partial charge on any atom is 0.316 e. The number of nitrogens with zero attached hydrogens (tertiary/aromatic N) is 1. The van der Waals surface area contributed by atoms with E-state index >= 15 is 0 Å². The van der Waals surface area contributed by atoms with Gasteiger partial charge in [-0.1, -0.05) is 41.4 Å². The van der Waals surface area contributed by atoms with E-state index in [0.29, 0.717) is 21.4 Å². The van der Waals surface area contributed by atoms with Crippen LogP contribution in [-0.2, 0) is 9.59 Å². The summed E-state index contributed by atoms with van der Waals surface area (Å²) in [5, 5.41) is 3.23. The molecule has 0 fully saturated rings. The van der Waals surface area contributed by atoms with E-state index < -0.39 is 11.8 Å². The third kappa shape index (κ3) is 3.97. The lowest BCUT2D eigenvalue weighted by molar-refractivity contribution is -0.134. The van der Waals surface area contributed by atoms with Gasteiger partial charge in [-0.15, -0.1) is 0 Å². The number of para-hydroxylation sites is 1. The number of likely N-dealkylation sites (N-methyl/N-ethyl adjacent to an activating group) is 1. The van der Waals surface area contributed by atoms with Crippen LogP contribution in [0.4, 0.5) is 11.4 Å². The predicted octanol–water partition coefficient (Wildman–Crippen LogP) is 3.59. The van der Waals surface area contributed by atoms with Crippen molar-refractivity contribution in [3.05, 3.63) is 58.6 Å². The van der Waals surface area contributed by atoms with Crippen molar-refractivity contribution in [3.63, 3.8) is 0 Å². The van der Waals surface area contributed by atoms with E-state index in [9.17, 15) is 9.59 Å². The molecule has 2 rings (SSSR count). The Hall–Kier alpha value is -2.04. The monoisotopic (exact) mass is 322 g/mol. The van der Waals surface area contributed by atoms with Crippen molar-refractivity contribution in [1.82, 2.24) is 0 Å². The minimum absolute atomic E-state index is 0.368. The topological polar surface area (TPSA) is 49.4 Å². The van der Waals surface area contributed by atoms with Gasteiger partial charge in [0.2, 0.25) is 0 Å². The van der Waals surface area contributed by atoms with Gasteiger partial charge in [-0.25, -0.2) is 0 Å². The van der Waals surface area contributed by atoms with Gasteiger partial charge in [0, 0.05) is 28.5 Å². The molecule has 2 amide bonds. The van der Waals surface area contributed by atoms with E-state index in [1.165, 1.54) is 30.1 Å². The summed E-state index contributed by atoms with van der Waals surface area (Å²) in [7, 11) is 1.53. The minimum Gasteiger partial charge on any atom is -0.318 e. The molecule has 2 aromatic carbocycles. The standard InChI is InChI=1S/C15H12Cl2N2O2/c1-19(13-5-3-2-4-6-13)15(21)14(20)18-12-8-10(16)7-11(17)9-12/h2-9H,1H3,(H,18,20). The van der Waals surface area contributed by atoms with Crippen LogP contribution in [-0.4, -0.2) is 18.9 Å². The van der Waals surface area contributed by atoms with Crippen molar-refractivity contribution >= 4 is 46.4 Å². The van der Waals surface area contributed by atoms with Crippen LogP contribution in [0.25, 0.3) is 0 Å². The number of halogens is 2. The number of rotatable bonds is 2. The van der Waals surface area contributed by atoms with Crippen LogP contribution < -0.4 is 10.2 Å². The van der Waals surface area contributed by atoms with Crippen molar-refractivity contribution in [1.29, 1.82) is 0 Å². The molecule has 0 aliphatic rings. The van der Waals surface area contributed by atoms with Gasteiger partial charge in [0.1, 0.15) is 0 Å². The molecule has 0 saturated heterocycles. The molecule has 0 spiro atoms. The Morgan fingerprint density at radius 1 is 1.00 bits per heavy atom. The Morgan fingerprint density at radius 2 is 1.57 bits per heavy atom. The van der Waals surface area contributed by atoms with E-state index in [4.69, 9.17) is 23.2 Å². The van der Waals surface area contributed by atoms with Crippen LogP contribution in [0.1, 0.15) is 0 Å². The third-order valence-electron chi connectivity index (χ3n) is 2.76. The Bertz CT molecular complexity index is 654. The zero-order valence-corrected chi connectivity index (χ0v) is 12.7. The first kappa shape index (κ1) is 15.4. The van der Waals surface area contributed by atoms with Crippen LogP contribution >= 0.6 is 23.2 Å². The molecule has 108 valence electrons. The van der Waals surface area contributed by atoms with E-state index in [2.05, 4.69) is 5.32 Å². The smallest absolute Gasteiger partial charge is 0.316 e. The molecule has 0 aromatic heterocycles. The first-order chi connectivity index (χ1) is 9.97. The highest BCUT2D eigenvalue weighted by molar-refractivity contribution is 6.44. The molecule has 0 radical (unpaired) electrons. The molecule has 1 N–H and O–H groups in total. The summed E-state index contributed by atoms with van der Waals surface area (Å²) in [6.07, 6.45) is 0. The van der Waals surface area contributed by atoms with Gasteiger partial charge in [-0.05, 0) is 30.3 Å². The summed E-state index contributed by atoms with van der Waals surface area (Å²) < 4.78 is 0. The highest BCUT2D eigenvalue weighted by Crippen LogP contribution is 2.22. The Labute approximate surface area is 132 Å². The number of hydrogen-bond acceptors (Lipinski definition) is 2. The Morgan fingerprint density at radius 3 is 2.14 bits per heavy atom. The Balaban J connectivity index is 2.11. The predicted molar refractivity (Wildman–Crippen MR) is 84.9 cm³/mol. The van der Waals surface area contributed by atoms with Crippen molar-refractivity contribution in [2.24, 2.45) is 0 Å². The summed E-state index contributed by atoms with van der Waals surface area (Å²) >= 11 is 11.7. The van der Waals surface area contributed by atoms with Crippen LogP contribution in [0.15, 0.2) is 48.5 Å². The number of hydrogen-bond donors (Lipinski definition) is 1. The first-order valence-electron chi connectivity index (χ1n) is 6.07. The normalized spacial score (nSPS) is 10.0. The average molecular weight is 323 g/mol. The van der Waals surface area contributed by atoms with Crippen LogP contribution in [0.2, 0.25) is 10.0 Å². The fraction of sp³-hybridized carbons (Fsp3) is 0.0667. The molecule has 0 atom stereocenters. The summed E-state index contributed by atoms with van der Waals surface area (Å²) in [4.78, 5) is 25.3. The van der Waals surface area contributed by atoms with Crippen molar-refractivity contribution in [3.8, 4) is 0 Å². The van der Waals surface area contributed by atoms with Gasteiger partial charge in [0.15, 0.2) is 0 Å². The molecular formula is C15H12Cl2N2O2. The lowest BCUT2D eigenvalue weighted by atomic mass is 10.3. The molecule has 0 heterocycles. The fourth-order valence-corrected chi connectivity index (χ4v) is 2.26. The molecule has 0 bridgehead atoms. The molecule has 2 aromatic rings. The van der Waals surface area contributed by atoms with Gasteiger partial charge in [-0.2, -0.15) is 0 Å². The number of amides is 2. The molecule has 0 aliphatic carbocycles. The summed E-state index contributed by atoms with van der Waals surface area (Å²) in [6.45, 7) is 0. The maximum absolute atomic E-state index is 12.1. The summed E-state index contributed by atoms with van der Waals surface area (Å²) in [5.41, 5.74) is 0.995. The number of anilines is 2. The molecule has 21 heavy (non-hydrogen) atoms. The second-order valence-corrected chi connectivity index (χ2v) is 5.18. The van der Waals surface area contributed by atoms with E-state index in [-0.39, 0.29) is 0 Å². The van der Waals surface area contributed by atoms with Crippen LogP contribution in [0, 0.1) is 0 Å². The first-order valence-corrected chi connectivity index (χ1v) is 6.83. The quantitative estimate of drug-likeness (QED) is 0.859. The van der Waals surface area contributed by atoms with Crippen molar-refractivity contribution in [2.45, 2.75) is 0 Å². The van der Waals surface area contributed by atoms with Crippen LogP contribution in [0.5, 0.6) is 0 Å². The van der Waals surface area contributed by atoms with Crippen LogP contribution in [0.3, 0.4) is 0 Å². The Kier molecular flexibility index (Phi) is 4.83. The molecule has 6 heteroatoms. The van der Waals surface area contributed by atoms with E-state index in [1.54, 1.807) is 24.3 Å². The highest BCUT2D eigenvalue weighted by Gasteiger charge is 2.20. The zero-order chi connectivity index (χ0) is 15.4. The number of nitrogens with one attached hydrogen (secondary N) is 1. The third-order valence-corrected chi connectivity index (χ3v) is 3.20. The minimum atomic E-state index is -0.764. The average Bonchev–Trinajstić information content (AvgIpc) is 2.45. The summed E-state index contributed by atoms with van der Waals surface area (Å²) in [6, 6.07) is 13.4. The fourth-order valence-electron chi connectivity index (χ4n) is 1.73. The second-order valence-electron chi connectivity index (χ2n) is 4.31. The van der Waals surface area contributed by atoms with Gasteiger partial charge in [-0.3, -0.25) is 9.59 Å². The van der Waals surface area contributed by atoms with Crippen molar-refractivity contribution in [2.75, 3.05) is 17.3 Å². The van der Waals surface area contributed by atoms with Gasteiger partial charge >= 0.3 is 11.8 Å². The molecule has 0 aliphatic heterocycles. The second kappa shape index (κ2) is 6.61.